The summed E-state index contributed by atoms with van der Waals surface area (Å²) in [6, 6.07) is 8.46. The Morgan fingerprint density at radius 1 is 1.14 bits per heavy atom. The van der Waals surface area contributed by atoms with Gasteiger partial charge in [-0.25, -0.2) is 8.42 Å². The molecule has 6 nitrogen and oxygen atoms in total. The molecule has 1 aliphatic heterocycles. The fourth-order valence-corrected chi connectivity index (χ4v) is 4.21. The lowest BCUT2D eigenvalue weighted by Crippen LogP contribution is -2.47. The molecule has 0 radical (unpaired) electrons. The van der Waals surface area contributed by atoms with Crippen molar-refractivity contribution in [1.82, 2.24) is 14.9 Å². The van der Waals surface area contributed by atoms with E-state index in [1.54, 1.807) is 7.05 Å². The maximum absolute atomic E-state index is 12.6. The minimum absolute atomic E-state index is 0.0924. The molecule has 1 fully saturated rings. The molecule has 1 saturated heterocycles. The first-order valence-corrected chi connectivity index (χ1v) is 11.2. The highest BCUT2D eigenvalue weighted by Crippen LogP contribution is 2.30. The van der Waals surface area contributed by atoms with Crippen molar-refractivity contribution in [1.29, 1.82) is 0 Å². The van der Waals surface area contributed by atoms with Gasteiger partial charge < -0.3 is 10.6 Å². The van der Waals surface area contributed by atoms with Gasteiger partial charge in [-0.2, -0.15) is 17.5 Å². The first-order chi connectivity index (χ1) is 13.7. The highest BCUT2D eigenvalue weighted by Gasteiger charge is 2.50. The van der Waals surface area contributed by atoms with Gasteiger partial charge in [0.1, 0.15) is 0 Å². The highest BCUT2D eigenvalue weighted by atomic mass is 32.2. The van der Waals surface area contributed by atoms with Gasteiger partial charge in [0.25, 0.3) is 0 Å². The number of piperidine rings is 1. The quantitative estimate of drug-likeness (QED) is 0.511. The number of benzene rings is 1. The Kier molecular flexibility index (Phi) is 8.33. The molecule has 10 heteroatoms. The number of alkyl halides is 3. The molecule has 0 atom stereocenters. The molecule has 164 valence electrons. The number of hydrogen-bond acceptors (Lipinski definition) is 3. The van der Waals surface area contributed by atoms with Gasteiger partial charge in [-0.1, -0.05) is 31.2 Å². The van der Waals surface area contributed by atoms with E-state index in [9.17, 15) is 21.6 Å². The number of sulfonamides is 1. The lowest BCUT2D eigenvalue weighted by atomic mass is 9.98. The van der Waals surface area contributed by atoms with E-state index in [4.69, 9.17) is 0 Å². The molecule has 2 N–H and O–H groups in total. The maximum atomic E-state index is 12.6. The smallest absolute Gasteiger partial charge is 0.356 e. The zero-order valence-corrected chi connectivity index (χ0v) is 17.6. The first kappa shape index (κ1) is 23.5. The van der Waals surface area contributed by atoms with Gasteiger partial charge in [-0.05, 0) is 42.7 Å². The van der Waals surface area contributed by atoms with Gasteiger partial charge in [-0.15, -0.1) is 0 Å². The SMILES string of the molecule is CCc1ccc(CCNC(=NC)NCC2CCN(S(=O)(=O)C(F)(F)F)CC2)cc1. The number of nitrogens with zero attached hydrogens (tertiary/aromatic N) is 2. The van der Waals surface area contributed by atoms with Crippen molar-refractivity contribution in [3.8, 4) is 0 Å². The van der Waals surface area contributed by atoms with Crippen LogP contribution < -0.4 is 10.6 Å². The van der Waals surface area contributed by atoms with E-state index in [-0.39, 0.29) is 19.0 Å². The fourth-order valence-electron chi connectivity index (χ4n) is 3.23. The highest BCUT2D eigenvalue weighted by molar-refractivity contribution is 7.90. The Balaban J connectivity index is 1.72. The molecule has 1 aliphatic rings. The Morgan fingerprint density at radius 2 is 1.72 bits per heavy atom. The van der Waals surface area contributed by atoms with E-state index >= 15 is 0 Å². The number of guanidine groups is 1. The molecule has 2 rings (SSSR count). The van der Waals surface area contributed by atoms with Crippen molar-refractivity contribution in [3.63, 3.8) is 0 Å². The summed E-state index contributed by atoms with van der Waals surface area (Å²) in [6.07, 6.45) is 2.61. The number of aliphatic imine (C=N–C) groups is 1. The van der Waals surface area contributed by atoms with Crippen molar-refractivity contribution >= 4 is 16.0 Å². The van der Waals surface area contributed by atoms with Crippen LogP contribution in [0, 0.1) is 5.92 Å². The number of halogens is 3. The third-order valence-electron chi connectivity index (χ3n) is 5.13. The largest absolute Gasteiger partial charge is 0.511 e. The van der Waals surface area contributed by atoms with Crippen molar-refractivity contribution in [2.45, 2.75) is 38.1 Å². The zero-order chi connectivity index (χ0) is 21.5. The molecule has 0 saturated carbocycles. The predicted octanol–water partition coefficient (Wildman–Crippen LogP) is 2.52. The second kappa shape index (κ2) is 10.3. The van der Waals surface area contributed by atoms with Crippen molar-refractivity contribution in [2.75, 3.05) is 33.2 Å². The summed E-state index contributed by atoms with van der Waals surface area (Å²) in [7, 11) is -3.57. The monoisotopic (exact) mass is 434 g/mol. The Morgan fingerprint density at radius 3 is 2.24 bits per heavy atom. The summed E-state index contributed by atoms with van der Waals surface area (Å²) in [5.74, 6) is 0.718. The summed E-state index contributed by atoms with van der Waals surface area (Å²) in [5.41, 5.74) is -2.71. The van der Waals surface area contributed by atoms with Crippen molar-refractivity contribution < 1.29 is 21.6 Å². The van der Waals surface area contributed by atoms with Gasteiger partial charge in [0, 0.05) is 33.2 Å². The van der Waals surface area contributed by atoms with Gasteiger partial charge in [0.05, 0.1) is 0 Å². The van der Waals surface area contributed by atoms with Crippen LogP contribution in [0.25, 0.3) is 0 Å². The average molecular weight is 435 g/mol. The van der Waals surface area contributed by atoms with Crippen LogP contribution in [0.1, 0.15) is 30.9 Å². The lowest BCUT2D eigenvalue weighted by molar-refractivity contribution is -0.0496. The minimum Gasteiger partial charge on any atom is -0.356 e. The van der Waals surface area contributed by atoms with E-state index in [0.29, 0.717) is 36.2 Å². The standard InChI is InChI=1S/C19H29F3N4O2S/c1-3-15-4-6-16(7-5-15)8-11-24-18(23-2)25-14-17-9-12-26(13-10-17)29(27,28)19(20,21)22/h4-7,17H,3,8-14H2,1-2H3,(H2,23,24,25). The van der Waals surface area contributed by atoms with Crippen LogP contribution in [0.5, 0.6) is 0 Å². The van der Waals surface area contributed by atoms with Crippen LogP contribution in [-0.4, -0.2) is 57.4 Å². The molecule has 29 heavy (non-hydrogen) atoms. The molecule has 0 aromatic heterocycles. The normalized spacial score (nSPS) is 17.3. The van der Waals surface area contributed by atoms with E-state index in [0.717, 1.165) is 12.8 Å². The van der Waals surface area contributed by atoms with Crippen LogP contribution in [0.2, 0.25) is 0 Å². The molecular formula is C19H29F3N4O2S. The Labute approximate surface area is 170 Å². The molecular weight excluding hydrogens is 405 g/mol. The van der Waals surface area contributed by atoms with Crippen LogP contribution in [0.15, 0.2) is 29.3 Å². The van der Waals surface area contributed by atoms with E-state index in [2.05, 4.69) is 46.8 Å². The van der Waals surface area contributed by atoms with Crippen LogP contribution >= 0.6 is 0 Å². The second-order valence-corrected chi connectivity index (χ2v) is 9.02. The summed E-state index contributed by atoms with van der Waals surface area (Å²) in [4.78, 5) is 4.16. The van der Waals surface area contributed by atoms with Gasteiger partial charge in [0.15, 0.2) is 5.96 Å². The van der Waals surface area contributed by atoms with E-state index in [1.165, 1.54) is 11.1 Å². The fraction of sp³-hybridized carbons (Fsp3) is 0.632. The molecule has 0 bridgehead atoms. The summed E-state index contributed by atoms with van der Waals surface area (Å²) < 4.78 is 61.3. The Hall–Kier alpha value is -1.81. The molecule has 0 amide bonds. The van der Waals surface area contributed by atoms with Crippen molar-refractivity contribution in [2.24, 2.45) is 10.9 Å². The second-order valence-electron chi connectivity index (χ2n) is 7.09. The van der Waals surface area contributed by atoms with E-state index < -0.39 is 15.5 Å². The van der Waals surface area contributed by atoms with Gasteiger partial charge in [0.2, 0.25) is 0 Å². The third kappa shape index (κ3) is 6.60. The topological polar surface area (TPSA) is 73.8 Å². The first-order valence-electron chi connectivity index (χ1n) is 9.76. The maximum Gasteiger partial charge on any atom is 0.511 e. The molecule has 0 aliphatic carbocycles. The number of aryl methyl sites for hydroxylation is 1. The number of rotatable bonds is 7. The van der Waals surface area contributed by atoms with Crippen LogP contribution in [-0.2, 0) is 22.9 Å². The van der Waals surface area contributed by atoms with Crippen molar-refractivity contribution in [3.05, 3.63) is 35.4 Å². The summed E-state index contributed by atoms with van der Waals surface area (Å²) in [5, 5.41) is 6.40. The predicted molar refractivity (Wildman–Crippen MR) is 108 cm³/mol. The molecule has 0 unspecified atom stereocenters. The summed E-state index contributed by atoms with van der Waals surface area (Å²) >= 11 is 0. The zero-order valence-electron chi connectivity index (χ0n) is 16.8. The number of hydrogen-bond donors (Lipinski definition) is 2. The summed E-state index contributed by atoms with van der Waals surface area (Å²) in [6.45, 7) is 3.12. The van der Waals surface area contributed by atoms with Gasteiger partial charge >= 0.3 is 15.5 Å². The molecule has 1 aromatic rings. The number of nitrogens with one attached hydrogen (secondary N) is 2. The minimum atomic E-state index is -5.24. The average Bonchev–Trinajstić information content (AvgIpc) is 2.70. The third-order valence-corrected chi connectivity index (χ3v) is 6.76. The Bertz CT molecular complexity index is 772. The molecule has 1 aromatic carbocycles. The van der Waals surface area contributed by atoms with E-state index in [1.807, 2.05) is 0 Å². The molecule has 1 heterocycles. The van der Waals surface area contributed by atoms with Crippen LogP contribution in [0.3, 0.4) is 0 Å². The van der Waals surface area contributed by atoms with Crippen LogP contribution in [0.4, 0.5) is 13.2 Å². The molecule has 0 spiro atoms. The lowest BCUT2D eigenvalue weighted by Gasteiger charge is -2.31. The van der Waals surface area contributed by atoms with Gasteiger partial charge in [-0.3, -0.25) is 4.99 Å².